The van der Waals surface area contributed by atoms with E-state index in [0.29, 0.717) is 30.4 Å². The van der Waals surface area contributed by atoms with Gasteiger partial charge in [0.2, 0.25) is 0 Å². The molecule has 0 spiro atoms. The van der Waals surface area contributed by atoms with Gasteiger partial charge < -0.3 is 14.2 Å². The highest BCUT2D eigenvalue weighted by Gasteiger charge is 2.09. The molecule has 0 heterocycles. The summed E-state index contributed by atoms with van der Waals surface area (Å²) < 4.78 is 16.7. The summed E-state index contributed by atoms with van der Waals surface area (Å²) in [5.41, 5.74) is 0.482. The predicted molar refractivity (Wildman–Crippen MR) is 108 cm³/mol. The standard InChI is InChI=1S/C23H28O4/c1-4-6-7-16-25-20-12-14-22(15-13-20)27-23(24)19-8-10-21(11-9-19)26-17-18(3)5-2/h4,8-15,18H,1,5-7,16-17H2,2-3H3. The first-order chi connectivity index (χ1) is 13.1. The Kier molecular flexibility index (Phi) is 8.43. The minimum absolute atomic E-state index is 0.400. The summed E-state index contributed by atoms with van der Waals surface area (Å²) in [4.78, 5) is 12.3. The van der Waals surface area contributed by atoms with Crippen LogP contribution in [0.25, 0.3) is 0 Å². The summed E-state index contributed by atoms with van der Waals surface area (Å²) in [6, 6.07) is 14.1. The van der Waals surface area contributed by atoms with Crippen LogP contribution in [0.4, 0.5) is 0 Å². The van der Waals surface area contributed by atoms with E-state index < -0.39 is 5.97 Å². The molecule has 0 N–H and O–H groups in total. The Balaban J connectivity index is 1.84. The lowest BCUT2D eigenvalue weighted by molar-refractivity contribution is 0.0734. The van der Waals surface area contributed by atoms with Crippen molar-refractivity contribution in [2.45, 2.75) is 33.1 Å². The van der Waals surface area contributed by atoms with E-state index in [2.05, 4.69) is 20.4 Å². The van der Waals surface area contributed by atoms with Crippen LogP contribution in [-0.2, 0) is 0 Å². The Morgan fingerprint density at radius 2 is 1.59 bits per heavy atom. The van der Waals surface area contributed by atoms with E-state index in [1.165, 1.54) is 0 Å². The van der Waals surface area contributed by atoms with Gasteiger partial charge in [0.1, 0.15) is 17.2 Å². The lowest BCUT2D eigenvalue weighted by Gasteiger charge is -2.11. The largest absolute Gasteiger partial charge is 0.494 e. The van der Waals surface area contributed by atoms with Gasteiger partial charge in [0.05, 0.1) is 18.8 Å². The minimum atomic E-state index is -0.400. The van der Waals surface area contributed by atoms with E-state index >= 15 is 0 Å². The molecule has 2 aromatic carbocycles. The maximum atomic E-state index is 12.3. The van der Waals surface area contributed by atoms with E-state index in [4.69, 9.17) is 14.2 Å². The highest BCUT2D eigenvalue weighted by molar-refractivity contribution is 5.91. The number of unbranched alkanes of at least 4 members (excludes halogenated alkanes) is 1. The third-order valence-electron chi connectivity index (χ3n) is 4.18. The van der Waals surface area contributed by atoms with Crippen LogP contribution in [-0.4, -0.2) is 19.2 Å². The van der Waals surface area contributed by atoms with Crippen molar-refractivity contribution in [2.75, 3.05) is 13.2 Å². The zero-order valence-corrected chi connectivity index (χ0v) is 16.1. The highest BCUT2D eigenvalue weighted by Crippen LogP contribution is 2.20. The Hall–Kier alpha value is -2.75. The molecule has 144 valence electrons. The summed E-state index contributed by atoms with van der Waals surface area (Å²) in [6.45, 7) is 9.26. The molecular formula is C23H28O4. The number of rotatable bonds is 11. The molecule has 0 bridgehead atoms. The normalized spacial score (nSPS) is 11.5. The van der Waals surface area contributed by atoms with E-state index in [9.17, 15) is 4.79 Å². The van der Waals surface area contributed by atoms with Crippen LogP contribution < -0.4 is 14.2 Å². The van der Waals surface area contributed by atoms with Gasteiger partial charge in [-0.25, -0.2) is 4.79 Å². The maximum Gasteiger partial charge on any atom is 0.343 e. The SMILES string of the molecule is C=CCCCOc1ccc(OC(=O)c2ccc(OCC(C)CC)cc2)cc1. The number of allylic oxidation sites excluding steroid dienone is 1. The minimum Gasteiger partial charge on any atom is -0.494 e. The zero-order valence-electron chi connectivity index (χ0n) is 16.1. The van der Waals surface area contributed by atoms with Crippen LogP contribution in [0.3, 0.4) is 0 Å². The van der Waals surface area contributed by atoms with Gasteiger partial charge in [0.25, 0.3) is 0 Å². The fraction of sp³-hybridized carbons (Fsp3) is 0.348. The van der Waals surface area contributed by atoms with Gasteiger partial charge in [-0.3, -0.25) is 0 Å². The lowest BCUT2D eigenvalue weighted by Crippen LogP contribution is -2.09. The first-order valence-electron chi connectivity index (χ1n) is 9.41. The van der Waals surface area contributed by atoms with Crippen molar-refractivity contribution in [3.8, 4) is 17.2 Å². The van der Waals surface area contributed by atoms with Crippen molar-refractivity contribution in [1.82, 2.24) is 0 Å². The second kappa shape index (κ2) is 11.1. The number of ether oxygens (including phenoxy) is 3. The summed E-state index contributed by atoms with van der Waals surface area (Å²) in [5.74, 6) is 2.09. The molecule has 0 aliphatic carbocycles. The molecule has 27 heavy (non-hydrogen) atoms. The van der Waals surface area contributed by atoms with Crippen molar-refractivity contribution in [1.29, 1.82) is 0 Å². The lowest BCUT2D eigenvalue weighted by atomic mass is 10.1. The van der Waals surface area contributed by atoms with Crippen molar-refractivity contribution in [3.05, 3.63) is 66.7 Å². The number of hydrogen-bond acceptors (Lipinski definition) is 4. The van der Waals surface area contributed by atoms with Crippen LogP contribution in [0, 0.1) is 5.92 Å². The van der Waals surface area contributed by atoms with Gasteiger partial charge in [-0.05, 0) is 67.3 Å². The number of benzene rings is 2. The molecule has 0 saturated carbocycles. The van der Waals surface area contributed by atoms with E-state index in [1.54, 1.807) is 48.5 Å². The molecule has 0 aromatic heterocycles. The third kappa shape index (κ3) is 7.18. The fourth-order valence-electron chi connectivity index (χ4n) is 2.23. The van der Waals surface area contributed by atoms with Crippen molar-refractivity contribution in [3.63, 3.8) is 0 Å². The Bertz CT molecular complexity index is 704. The molecule has 0 radical (unpaired) electrons. The Morgan fingerprint density at radius 1 is 1.00 bits per heavy atom. The highest BCUT2D eigenvalue weighted by atomic mass is 16.5. The predicted octanol–water partition coefficient (Wildman–Crippen LogP) is 5.68. The van der Waals surface area contributed by atoms with E-state index in [1.807, 2.05) is 6.08 Å². The van der Waals surface area contributed by atoms with E-state index in [0.717, 1.165) is 30.8 Å². The first-order valence-corrected chi connectivity index (χ1v) is 9.41. The smallest absolute Gasteiger partial charge is 0.343 e. The van der Waals surface area contributed by atoms with Crippen molar-refractivity contribution < 1.29 is 19.0 Å². The van der Waals surface area contributed by atoms with Crippen molar-refractivity contribution >= 4 is 5.97 Å². The van der Waals surface area contributed by atoms with Crippen LogP contribution in [0.15, 0.2) is 61.2 Å². The maximum absolute atomic E-state index is 12.3. The van der Waals surface area contributed by atoms with Crippen LogP contribution in [0.1, 0.15) is 43.5 Å². The van der Waals surface area contributed by atoms with Crippen molar-refractivity contribution in [2.24, 2.45) is 5.92 Å². The number of carbonyl (C=O) groups excluding carboxylic acids is 1. The quantitative estimate of drug-likeness (QED) is 0.222. The monoisotopic (exact) mass is 368 g/mol. The van der Waals surface area contributed by atoms with Gasteiger partial charge in [0.15, 0.2) is 0 Å². The van der Waals surface area contributed by atoms with Gasteiger partial charge in [-0.15, -0.1) is 6.58 Å². The Morgan fingerprint density at radius 3 is 2.22 bits per heavy atom. The molecule has 0 saturated heterocycles. The molecular weight excluding hydrogens is 340 g/mol. The van der Waals surface area contributed by atoms with Gasteiger partial charge in [0, 0.05) is 0 Å². The first kappa shape index (κ1) is 20.6. The third-order valence-corrected chi connectivity index (χ3v) is 4.18. The van der Waals surface area contributed by atoms with Gasteiger partial charge in [-0.2, -0.15) is 0 Å². The fourth-order valence-corrected chi connectivity index (χ4v) is 2.23. The topological polar surface area (TPSA) is 44.8 Å². The molecule has 0 aliphatic heterocycles. The van der Waals surface area contributed by atoms with Crippen LogP contribution >= 0.6 is 0 Å². The van der Waals surface area contributed by atoms with Gasteiger partial charge in [-0.1, -0.05) is 26.3 Å². The number of carbonyl (C=O) groups is 1. The zero-order chi connectivity index (χ0) is 19.5. The molecule has 0 amide bonds. The molecule has 0 aliphatic rings. The average Bonchev–Trinajstić information content (AvgIpc) is 2.71. The summed E-state index contributed by atoms with van der Waals surface area (Å²) in [5, 5.41) is 0. The number of hydrogen-bond donors (Lipinski definition) is 0. The number of esters is 1. The molecule has 4 nitrogen and oxygen atoms in total. The molecule has 1 unspecified atom stereocenters. The Labute approximate surface area is 161 Å². The average molecular weight is 368 g/mol. The second-order valence-corrected chi connectivity index (χ2v) is 6.49. The van der Waals surface area contributed by atoms with E-state index in [-0.39, 0.29) is 0 Å². The molecule has 2 rings (SSSR count). The molecule has 2 aromatic rings. The van der Waals surface area contributed by atoms with Crippen LogP contribution in [0.2, 0.25) is 0 Å². The van der Waals surface area contributed by atoms with Crippen LogP contribution in [0.5, 0.6) is 17.2 Å². The molecule has 1 atom stereocenters. The molecule has 0 fully saturated rings. The summed E-state index contributed by atoms with van der Waals surface area (Å²) in [7, 11) is 0. The molecule has 4 heteroatoms. The summed E-state index contributed by atoms with van der Waals surface area (Å²) in [6.07, 6.45) is 4.80. The summed E-state index contributed by atoms with van der Waals surface area (Å²) >= 11 is 0. The van der Waals surface area contributed by atoms with Gasteiger partial charge >= 0.3 is 5.97 Å². The second-order valence-electron chi connectivity index (χ2n) is 6.49.